The molecule has 0 aromatic heterocycles. The van der Waals surface area contributed by atoms with Gasteiger partial charge in [-0.1, -0.05) is 13.8 Å². The summed E-state index contributed by atoms with van der Waals surface area (Å²) in [5, 5.41) is 8.94. The van der Waals surface area contributed by atoms with E-state index < -0.39 is 5.97 Å². The normalized spacial score (nSPS) is 30.1. The molecule has 15 heavy (non-hydrogen) atoms. The van der Waals surface area contributed by atoms with Crippen LogP contribution in [-0.2, 0) is 14.3 Å². The van der Waals surface area contributed by atoms with Gasteiger partial charge < -0.3 is 14.6 Å². The zero-order chi connectivity index (χ0) is 11.4. The van der Waals surface area contributed by atoms with Crippen LogP contribution in [-0.4, -0.2) is 30.1 Å². The highest BCUT2D eigenvalue weighted by molar-refractivity contribution is 5.69. The molecule has 88 valence electrons. The van der Waals surface area contributed by atoms with Crippen LogP contribution in [0, 0.1) is 11.8 Å². The number of ether oxygens (including phenoxy) is 2. The van der Waals surface area contributed by atoms with Gasteiger partial charge in [0.25, 0.3) is 0 Å². The highest BCUT2D eigenvalue weighted by Crippen LogP contribution is 2.25. The average molecular weight is 216 g/mol. The van der Waals surface area contributed by atoms with Gasteiger partial charge in [0.05, 0.1) is 18.6 Å². The third-order valence-electron chi connectivity index (χ3n) is 2.82. The largest absolute Gasteiger partial charge is 0.481 e. The van der Waals surface area contributed by atoms with Gasteiger partial charge in [0.1, 0.15) is 0 Å². The van der Waals surface area contributed by atoms with Crippen LogP contribution < -0.4 is 0 Å². The number of carboxylic acids is 1. The zero-order valence-corrected chi connectivity index (χ0v) is 9.60. The number of rotatable bonds is 5. The van der Waals surface area contributed by atoms with Crippen LogP contribution in [0.3, 0.4) is 0 Å². The van der Waals surface area contributed by atoms with Crippen LogP contribution >= 0.6 is 0 Å². The Morgan fingerprint density at radius 3 is 2.67 bits per heavy atom. The Labute approximate surface area is 90.6 Å². The monoisotopic (exact) mass is 216 g/mol. The lowest BCUT2D eigenvalue weighted by Gasteiger charge is -2.21. The van der Waals surface area contributed by atoms with E-state index in [0.717, 1.165) is 0 Å². The maximum atomic E-state index is 10.9. The van der Waals surface area contributed by atoms with Crippen molar-refractivity contribution >= 4 is 5.97 Å². The molecule has 1 aliphatic heterocycles. The van der Waals surface area contributed by atoms with E-state index in [2.05, 4.69) is 0 Å². The minimum Gasteiger partial charge on any atom is -0.481 e. The Morgan fingerprint density at radius 1 is 1.60 bits per heavy atom. The van der Waals surface area contributed by atoms with Crippen molar-refractivity contribution in [2.45, 2.75) is 46.0 Å². The maximum absolute atomic E-state index is 10.9. The topological polar surface area (TPSA) is 55.8 Å². The Balaban J connectivity index is 2.40. The lowest BCUT2D eigenvalue weighted by Crippen LogP contribution is -2.25. The fraction of sp³-hybridized carbons (Fsp3) is 0.909. The average Bonchev–Trinajstić information content (AvgIpc) is 2.60. The fourth-order valence-corrected chi connectivity index (χ4v) is 1.84. The smallest absolute Gasteiger partial charge is 0.306 e. The van der Waals surface area contributed by atoms with Crippen molar-refractivity contribution in [1.82, 2.24) is 0 Å². The highest BCUT2D eigenvalue weighted by Gasteiger charge is 2.30. The quantitative estimate of drug-likeness (QED) is 0.762. The summed E-state index contributed by atoms with van der Waals surface area (Å²) in [7, 11) is 0. The molecule has 1 heterocycles. The summed E-state index contributed by atoms with van der Waals surface area (Å²) in [6.45, 7) is 6.44. The molecule has 0 aromatic rings. The van der Waals surface area contributed by atoms with Crippen molar-refractivity contribution in [2.24, 2.45) is 11.8 Å². The van der Waals surface area contributed by atoms with E-state index in [0.29, 0.717) is 19.4 Å². The molecule has 0 aliphatic carbocycles. The Kier molecular flexibility index (Phi) is 4.54. The van der Waals surface area contributed by atoms with Crippen LogP contribution in [0.4, 0.5) is 0 Å². The molecule has 1 saturated heterocycles. The van der Waals surface area contributed by atoms with E-state index in [1.54, 1.807) is 0 Å². The van der Waals surface area contributed by atoms with E-state index in [1.165, 1.54) is 0 Å². The number of hydrogen-bond acceptors (Lipinski definition) is 3. The molecule has 1 aliphatic rings. The van der Waals surface area contributed by atoms with Gasteiger partial charge in [-0.25, -0.2) is 0 Å². The molecule has 4 atom stereocenters. The van der Waals surface area contributed by atoms with Gasteiger partial charge in [-0.2, -0.15) is 0 Å². The minimum absolute atomic E-state index is 0.127. The molecule has 0 aromatic carbocycles. The molecule has 1 N–H and O–H groups in total. The van der Waals surface area contributed by atoms with Gasteiger partial charge in [0.2, 0.25) is 0 Å². The van der Waals surface area contributed by atoms with Gasteiger partial charge in [0, 0.05) is 5.92 Å². The van der Waals surface area contributed by atoms with Crippen molar-refractivity contribution in [2.75, 3.05) is 6.61 Å². The molecule has 4 nitrogen and oxygen atoms in total. The molecule has 4 heteroatoms. The lowest BCUT2D eigenvalue weighted by molar-refractivity contribution is -0.144. The summed E-state index contributed by atoms with van der Waals surface area (Å²) in [4.78, 5) is 10.9. The lowest BCUT2D eigenvalue weighted by atomic mass is 9.93. The number of hydrogen-bond donors (Lipinski definition) is 1. The molecule has 1 rings (SSSR count). The maximum Gasteiger partial charge on any atom is 0.306 e. The SMILES string of the molecule is CCC(CC(C)C1OCC(C)O1)C(=O)O. The van der Waals surface area contributed by atoms with Gasteiger partial charge >= 0.3 is 5.97 Å². The van der Waals surface area contributed by atoms with Crippen molar-refractivity contribution in [3.05, 3.63) is 0 Å². The summed E-state index contributed by atoms with van der Waals surface area (Å²) in [6.07, 6.45) is 1.17. The Bertz CT molecular complexity index is 217. The van der Waals surface area contributed by atoms with Crippen LogP contribution in [0.5, 0.6) is 0 Å². The first-order valence-corrected chi connectivity index (χ1v) is 5.54. The highest BCUT2D eigenvalue weighted by atomic mass is 16.7. The summed E-state index contributed by atoms with van der Waals surface area (Å²) in [6, 6.07) is 0. The predicted octanol–water partition coefficient (Wildman–Crippen LogP) is 1.88. The van der Waals surface area contributed by atoms with Crippen molar-refractivity contribution in [1.29, 1.82) is 0 Å². The number of carbonyl (C=O) groups is 1. The van der Waals surface area contributed by atoms with E-state index in [9.17, 15) is 4.79 Å². The molecular weight excluding hydrogens is 196 g/mol. The fourth-order valence-electron chi connectivity index (χ4n) is 1.84. The molecule has 1 fully saturated rings. The van der Waals surface area contributed by atoms with E-state index in [4.69, 9.17) is 14.6 Å². The first-order valence-electron chi connectivity index (χ1n) is 5.54. The first-order chi connectivity index (χ1) is 7.04. The van der Waals surface area contributed by atoms with E-state index >= 15 is 0 Å². The molecular formula is C11H20O4. The zero-order valence-electron chi connectivity index (χ0n) is 9.60. The molecule has 0 radical (unpaired) electrons. The van der Waals surface area contributed by atoms with Crippen molar-refractivity contribution in [3.8, 4) is 0 Å². The van der Waals surface area contributed by atoms with Crippen molar-refractivity contribution < 1.29 is 19.4 Å². The molecule has 0 bridgehead atoms. The summed E-state index contributed by atoms with van der Waals surface area (Å²) in [5.74, 6) is -0.880. The van der Waals surface area contributed by atoms with Gasteiger partial charge in [0.15, 0.2) is 6.29 Å². The number of carboxylic acid groups (broad SMARTS) is 1. The Morgan fingerprint density at radius 2 is 2.27 bits per heavy atom. The molecule has 4 unspecified atom stereocenters. The molecule has 0 amide bonds. The second-order valence-corrected chi connectivity index (χ2v) is 4.30. The molecule has 0 spiro atoms. The summed E-state index contributed by atoms with van der Waals surface area (Å²) in [5.41, 5.74) is 0. The Hall–Kier alpha value is -0.610. The van der Waals surface area contributed by atoms with Crippen LogP contribution in [0.15, 0.2) is 0 Å². The first kappa shape index (κ1) is 12.5. The third-order valence-corrected chi connectivity index (χ3v) is 2.82. The van der Waals surface area contributed by atoms with Gasteiger partial charge in [-0.3, -0.25) is 4.79 Å². The second kappa shape index (κ2) is 5.47. The van der Waals surface area contributed by atoms with E-state index in [1.807, 2.05) is 20.8 Å². The van der Waals surface area contributed by atoms with Gasteiger partial charge in [-0.15, -0.1) is 0 Å². The predicted molar refractivity (Wildman–Crippen MR) is 55.5 cm³/mol. The molecule has 0 saturated carbocycles. The van der Waals surface area contributed by atoms with Crippen LogP contribution in [0.1, 0.15) is 33.6 Å². The van der Waals surface area contributed by atoms with E-state index in [-0.39, 0.29) is 24.2 Å². The van der Waals surface area contributed by atoms with Crippen LogP contribution in [0.2, 0.25) is 0 Å². The second-order valence-electron chi connectivity index (χ2n) is 4.30. The third kappa shape index (κ3) is 3.47. The number of aliphatic carboxylic acids is 1. The standard InChI is InChI=1S/C11H20O4/c1-4-9(10(12)13)5-7(2)11-14-6-8(3)15-11/h7-9,11H,4-6H2,1-3H3,(H,12,13). The van der Waals surface area contributed by atoms with Crippen molar-refractivity contribution in [3.63, 3.8) is 0 Å². The summed E-state index contributed by atoms with van der Waals surface area (Å²) >= 11 is 0. The summed E-state index contributed by atoms with van der Waals surface area (Å²) < 4.78 is 11.0. The van der Waals surface area contributed by atoms with Gasteiger partial charge in [-0.05, 0) is 19.8 Å². The minimum atomic E-state index is -0.726. The van der Waals surface area contributed by atoms with Crippen LogP contribution in [0.25, 0.3) is 0 Å².